The predicted molar refractivity (Wildman–Crippen MR) is 93.2 cm³/mol. The van der Waals surface area contributed by atoms with Crippen molar-refractivity contribution in [3.63, 3.8) is 0 Å². The third-order valence-corrected chi connectivity index (χ3v) is 5.53. The van der Waals surface area contributed by atoms with Crippen LogP contribution in [-0.4, -0.2) is 31.1 Å². The van der Waals surface area contributed by atoms with E-state index in [1.54, 1.807) is 5.56 Å². The number of fused-ring (bicyclic) bond motifs is 1. The second kappa shape index (κ2) is 7.39. The molecule has 1 aromatic carbocycles. The fraction of sp³-hybridized carbons (Fsp3) is 0.556. The molecule has 0 spiro atoms. The molecule has 2 nitrogen and oxygen atoms in total. The first kappa shape index (κ1) is 15.0. The average molecular weight is 302 g/mol. The van der Waals surface area contributed by atoms with E-state index in [4.69, 9.17) is 0 Å². The summed E-state index contributed by atoms with van der Waals surface area (Å²) in [4.78, 5) is 2.70. The van der Waals surface area contributed by atoms with Crippen LogP contribution in [0.5, 0.6) is 0 Å². The van der Waals surface area contributed by atoms with Crippen LogP contribution in [0, 0.1) is 0 Å². The zero-order chi connectivity index (χ0) is 14.5. The molecule has 0 unspecified atom stereocenters. The van der Waals surface area contributed by atoms with Gasteiger partial charge >= 0.3 is 0 Å². The summed E-state index contributed by atoms with van der Waals surface area (Å²) in [5.74, 6) is 0. The molecule has 1 fully saturated rings. The van der Waals surface area contributed by atoms with Crippen LogP contribution in [-0.2, 0) is 0 Å². The minimum absolute atomic E-state index is 0.606. The van der Waals surface area contributed by atoms with Crippen LogP contribution in [0.1, 0.15) is 44.2 Å². The highest BCUT2D eigenvalue weighted by molar-refractivity contribution is 7.17. The van der Waals surface area contributed by atoms with Gasteiger partial charge in [-0.2, -0.15) is 0 Å². The summed E-state index contributed by atoms with van der Waals surface area (Å²) >= 11 is 1.90. The predicted octanol–water partition coefficient (Wildman–Crippen LogP) is 4.43. The van der Waals surface area contributed by atoms with Crippen LogP contribution in [0.4, 0.5) is 0 Å². The van der Waals surface area contributed by atoms with E-state index in [0.717, 1.165) is 13.1 Å². The molecule has 1 aromatic heterocycles. The lowest BCUT2D eigenvalue weighted by molar-refractivity contribution is 0.164. The molecule has 1 atom stereocenters. The summed E-state index contributed by atoms with van der Waals surface area (Å²) < 4.78 is 1.43. The number of unbranched alkanes of at least 4 members (excludes halogenated alkanes) is 2. The Hall–Kier alpha value is -0.900. The molecule has 3 heteroatoms. The highest BCUT2D eigenvalue weighted by atomic mass is 32.1. The van der Waals surface area contributed by atoms with E-state index in [2.05, 4.69) is 46.8 Å². The van der Waals surface area contributed by atoms with Crippen LogP contribution in [0.3, 0.4) is 0 Å². The lowest BCUT2D eigenvalue weighted by atomic mass is 9.97. The Morgan fingerprint density at radius 2 is 2.00 bits per heavy atom. The molecule has 0 bridgehead atoms. The molecule has 1 aliphatic rings. The number of hydrogen-bond acceptors (Lipinski definition) is 3. The smallest absolute Gasteiger partial charge is 0.0363 e. The van der Waals surface area contributed by atoms with Crippen LogP contribution >= 0.6 is 11.3 Å². The Balaban J connectivity index is 1.85. The van der Waals surface area contributed by atoms with E-state index in [0.29, 0.717) is 6.04 Å². The molecule has 0 radical (unpaired) electrons. The number of hydrogen-bond donors (Lipinski definition) is 1. The molecule has 1 aliphatic heterocycles. The molecule has 1 saturated heterocycles. The van der Waals surface area contributed by atoms with Gasteiger partial charge in [-0.05, 0) is 28.8 Å². The lowest BCUT2D eigenvalue weighted by Crippen LogP contribution is -2.45. The van der Waals surface area contributed by atoms with Gasteiger partial charge in [0.25, 0.3) is 0 Å². The summed E-state index contributed by atoms with van der Waals surface area (Å²) in [6.07, 6.45) is 5.30. The minimum Gasteiger partial charge on any atom is -0.314 e. The number of thiophene rings is 1. The van der Waals surface area contributed by atoms with Gasteiger partial charge in [0.1, 0.15) is 0 Å². The maximum atomic E-state index is 3.48. The van der Waals surface area contributed by atoms with Gasteiger partial charge in [0.15, 0.2) is 0 Å². The van der Waals surface area contributed by atoms with Gasteiger partial charge in [-0.3, -0.25) is 4.90 Å². The monoisotopic (exact) mass is 302 g/mol. The fourth-order valence-corrected chi connectivity index (χ4v) is 4.38. The largest absolute Gasteiger partial charge is 0.314 e. The van der Waals surface area contributed by atoms with Crippen LogP contribution in [0.25, 0.3) is 10.1 Å². The molecule has 0 aliphatic carbocycles. The van der Waals surface area contributed by atoms with Crippen molar-refractivity contribution in [1.82, 2.24) is 10.2 Å². The van der Waals surface area contributed by atoms with E-state index < -0.39 is 0 Å². The van der Waals surface area contributed by atoms with E-state index in [1.807, 2.05) is 11.3 Å². The highest BCUT2D eigenvalue weighted by Gasteiger charge is 2.23. The lowest BCUT2D eigenvalue weighted by Gasteiger charge is -2.35. The molecule has 114 valence electrons. The number of benzene rings is 1. The van der Waals surface area contributed by atoms with Crippen molar-refractivity contribution in [2.24, 2.45) is 0 Å². The zero-order valence-electron chi connectivity index (χ0n) is 13.0. The highest BCUT2D eigenvalue weighted by Crippen LogP contribution is 2.36. The number of rotatable bonds is 6. The molecule has 1 N–H and O–H groups in total. The Morgan fingerprint density at radius 1 is 1.19 bits per heavy atom. The van der Waals surface area contributed by atoms with Gasteiger partial charge in [-0.25, -0.2) is 0 Å². The van der Waals surface area contributed by atoms with Crippen LogP contribution < -0.4 is 5.32 Å². The van der Waals surface area contributed by atoms with Gasteiger partial charge in [0, 0.05) is 36.9 Å². The van der Waals surface area contributed by atoms with Gasteiger partial charge in [0.05, 0.1) is 0 Å². The van der Waals surface area contributed by atoms with Gasteiger partial charge in [0.2, 0.25) is 0 Å². The summed E-state index contributed by atoms with van der Waals surface area (Å²) in [6, 6.07) is 9.49. The summed E-state index contributed by atoms with van der Waals surface area (Å²) in [7, 11) is 0. The molecule has 21 heavy (non-hydrogen) atoms. The summed E-state index contributed by atoms with van der Waals surface area (Å²) in [6.45, 7) is 6.92. The van der Waals surface area contributed by atoms with Crippen molar-refractivity contribution in [3.05, 3.63) is 35.2 Å². The minimum atomic E-state index is 0.606. The molecular weight excluding hydrogens is 276 g/mol. The number of nitrogens with one attached hydrogen (secondary N) is 1. The molecular formula is C18H26N2S. The summed E-state index contributed by atoms with van der Waals surface area (Å²) in [5.41, 5.74) is 1.56. The van der Waals surface area contributed by atoms with E-state index in [1.165, 1.54) is 48.9 Å². The maximum absolute atomic E-state index is 3.48. The van der Waals surface area contributed by atoms with Crippen molar-refractivity contribution in [1.29, 1.82) is 0 Å². The number of piperazine rings is 1. The van der Waals surface area contributed by atoms with E-state index in [-0.39, 0.29) is 0 Å². The zero-order valence-corrected chi connectivity index (χ0v) is 13.8. The first-order valence-electron chi connectivity index (χ1n) is 8.31. The van der Waals surface area contributed by atoms with Gasteiger partial charge in [-0.1, -0.05) is 44.4 Å². The Bertz CT molecular complexity index is 557. The van der Waals surface area contributed by atoms with Crippen LogP contribution in [0.2, 0.25) is 0 Å². The molecule has 0 saturated carbocycles. The average Bonchev–Trinajstić information content (AvgIpc) is 2.96. The van der Waals surface area contributed by atoms with Crippen molar-refractivity contribution < 1.29 is 0 Å². The first-order chi connectivity index (χ1) is 10.4. The van der Waals surface area contributed by atoms with E-state index in [9.17, 15) is 0 Å². The third kappa shape index (κ3) is 3.47. The normalized spacial score (nSPS) is 18.1. The first-order valence-corrected chi connectivity index (χ1v) is 9.19. The van der Waals surface area contributed by atoms with Crippen LogP contribution in [0.15, 0.2) is 29.6 Å². The standard InChI is InChI=1S/C18H26N2S/c1-2-3-4-8-17(20-12-10-19-11-13-20)16-14-21-18-9-6-5-7-15(16)18/h5-7,9,14,17,19H,2-4,8,10-13H2,1H3/t17-/m0/s1. The van der Waals surface area contributed by atoms with Crippen molar-refractivity contribution in [3.8, 4) is 0 Å². The molecule has 0 amide bonds. The molecule has 2 heterocycles. The Kier molecular flexibility index (Phi) is 5.28. The molecule has 3 rings (SSSR count). The van der Waals surface area contributed by atoms with E-state index >= 15 is 0 Å². The Labute approximate surface area is 132 Å². The topological polar surface area (TPSA) is 15.3 Å². The fourth-order valence-electron chi connectivity index (χ4n) is 3.37. The van der Waals surface area contributed by atoms with Gasteiger partial charge < -0.3 is 5.32 Å². The SMILES string of the molecule is CCCCC[C@@H](c1csc2ccccc12)N1CCNCC1. The molecule has 2 aromatic rings. The second-order valence-electron chi connectivity index (χ2n) is 5.98. The maximum Gasteiger partial charge on any atom is 0.0363 e. The Morgan fingerprint density at radius 3 is 2.81 bits per heavy atom. The quantitative estimate of drug-likeness (QED) is 0.794. The third-order valence-electron chi connectivity index (χ3n) is 4.54. The van der Waals surface area contributed by atoms with Crippen molar-refractivity contribution in [2.45, 2.75) is 38.6 Å². The second-order valence-corrected chi connectivity index (χ2v) is 6.90. The number of nitrogens with zero attached hydrogens (tertiary/aromatic N) is 1. The summed E-state index contributed by atoms with van der Waals surface area (Å²) in [5, 5.41) is 7.36. The van der Waals surface area contributed by atoms with Gasteiger partial charge in [-0.15, -0.1) is 11.3 Å². The van der Waals surface area contributed by atoms with Crippen molar-refractivity contribution in [2.75, 3.05) is 26.2 Å². The van der Waals surface area contributed by atoms with Crippen molar-refractivity contribution >= 4 is 21.4 Å².